The van der Waals surface area contributed by atoms with Gasteiger partial charge < -0.3 is 5.11 Å². The van der Waals surface area contributed by atoms with Gasteiger partial charge in [-0.2, -0.15) is 8.78 Å². The molecule has 0 amide bonds. The molecule has 1 aromatic rings. The van der Waals surface area contributed by atoms with Crippen LogP contribution < -0.4 is 0 Å². The maximum absolute atomic E-state index is 12.9. The van der Waals surface area contributed by atoms with Crippen LogP contribution in [0.4, 0.5) is 8.78 Å². The highest BCUT2D eigenvalue weighted by Gasteiger charge is 2.32. The first kappa shape index (κ1) is 15.8. The molecule has 2 aliphatic heterocycles. The van der Waals surface area contributed by atoms with Crippen LogP contribution in [0, 0.1) is 0 Å². The van der Waals surface area contributed by atoms with Crippen LogP contribution in [0.25, 0.3) is 0 Å². The summed E-state index contributed by atoms with van der Waals surface area (Å²) in [5.74, 6) is 0.432. The van der Waals surface area contributed by atoms with Crippen LogP contribution in [-0.2, 0) is 6.54 Å². The van der Waals surface area contributed by atoms with Gasteiger partial charge in [0.2, 0.25) is 0 Å². The second-order valence-electron chi connectivity index (χ2n) is 6.27. The molecule has 0 aliphatic carbocycles. The van der Waals surface area contributed by atoms with Crippen LogP contribution in [-0.4, -0.2) is 62.8 Å². The SMILES string of the molecule is OCC1CCCN1CC1CCCN1Cc1nccn1C(F)F. The molecule has 1 N–H and O–H groups in total. The van der Waals surface area contributed by atoms with Gasteiger partial charge in [0.05, 0.1) is 13.2 Å². The third-order valence-electron chi connectivity index (χ3n) is 4.96. The van der Waals surface area contributed by atoms with Gasteiger partial charge in [0, 0.05) is 31.0 Å². The zero-order valence-electron chi connectivity index (χ0n) is 12.7. The quantitative estimate of drug-likeness (QED) is 0.868. The molecule has 0 aromatic carbocycles. The monoisotopic (exact) mass is 314 g/mol. The average molecular weight is 314 g/mol. The number of aliphatic hydroxyl groups excluding tert-OH is 1. The summed E-state index contributed by atoms with van der Waals surface area (Å²) in [5.41, 5.74) is 0. The predicted octanol–water partition coefficient (Wildman–Crippen LogP) is 1.70. The van der Waals surface area contributed by atoms with E-state index in [1.54, 1.807) is 0 Å². The van der Waals surface area contributed by atoms with E-state index in [0.717, 1.165) is 49.9 Å². The lowest BCUT2D eigenvalue weighted by atomic mass is 10.2. The van der Waals surface area contributed by atoms with E-state index in [-0.39, 0.29) is 12.6 Å². The second-order valence-corrected chi connectivity index (χ2v) is 6.27. The number of imidazole rings is 1. The third kappa shape index (κ3) is 3.31. The Balaban J connectivity index is 1.62. The summed E-state index contributed by atoms with van der Waals surface area (Å²) in [6.07, 6.45) is 7.15. The molecule has 1 aromatic heterocycles. The fourth-order valence-electron chi connectivity index (χ4n) is 3.75. The summed E-state index contributed by atoms with van der Waals surface area (Å²) in [7, 11) is 0. The zero-order valence-corrected chi connectivity index (χ0v) is 12.7. The van der Waals surface area contributed by atoms with Gasteiger partial charge in [-0.15, -0.1) is 0 Å². The number of hydrogen-bond donors (Lipinski definition) is 1. The number of aromatic nitrogens is 2. The summed E-state index contributed by atoms with van der Waals surface area (Å²) >= 11 is 0. The molecule has 0 radical (unpaired) electrons. The van der Waals surface area contributed by atoms with E-state index >= 15 is 0 Å². The van der Waals surface area contributed by atoms with E-state index in [2.05, 4.69) is 14.8 Å². The van der Waals surface area contributed by atoms with E-state index in [4.69, 9.17) is 0 Å². The largest absolute Gasteiger partial charge is 0.395 e. The van der Waals surface area contributed by atoms with Crippen molar-refractivity contribution in [2.75, 3.05) is 26.2 Å². The molecule has 2 saturated heterocycles. The van der Waals surface area contributed by atoms with Crippen molar-refractivity contribution in [2.45, 2.75) is 50.9 Å². The highest BCUT2D eigenvalue weighted by Crippen LogP contribution is 2.25. The average Bonchev–Trinajstić information content (AvgIpc) is 3.21. The topological polar surface area (TPSA) is 44.5 Å². The van der Waals surface area contributed by atoms with Crippen LogP contribution >= 0.6 is 0 Å². The summed E-state index contributed by atoms with van der Waals surface area (Å²) < 4.78 is 26.8. The first-order chi connectivity index (χ1) is 10.7. The molecule has 0 bridgehead atoms. The van der Waals surface area contributed by atoms with Crippen molar-refractivity contribution in [3.63, 3.8) is 0 Å². The minimum Gasteiger partial charge on any atom is -0.395 e. The Bertz CT molecular complexity index is 482. The second kappa shape index (κ2) is 7.02. The summed E-state index contributed by atoms with van der Waals surface area (Å²) in [5, 5.41) is 9.43. The van der Waals surface area contributed by atoms with Crippen molar-refractivity contribution >= 4 is 0 Å². The summed E-state index contributed by atoms with van der Waals surface area (Å²) in [6.45, 7) is 1.03. The van der Waals surface area contributed by atoms with Gasteiger partial charge >= 0.3 is 6.55 Å². The van der Waals surface area contributed by atoms with E-state index < -0.39 is 6.55 Å². The Hall–Kier alpha value is -1.05. The van der Waals surface area contributed by atoms with Crippen LogP contribution in [0.5, 0.6) is 0 Å². The molecule has 3 heterocycles. The highest BCUT2D eigenvalue weighted by molar-refractivity contribution is 4.96. The van der Waals surface area contributed by atoms with Gasteiger partial charge in [0.15, 0.2) is 0 Å². The van der Waals surface area contributed by atoms with Crippen LogP contribution in [0.2, 0.25) is 0 Å². The predicted molar refractivity (Wildman–Crippen MR) is 78.6 cm³/mol. The van der Waals surface area contributed by atoms with Crippen LogP contribution in [0.1, 0.15) is 38.1 Å². The Morgan fingerprint density at radius 3 is 2.64 bits per heavy atom. The summed E-state index contributed by atoms with van der Waals surface area (Å²) in [4.78, 5) is 8.69. The van der Waals surface area contributed by atoms with Gasteiger partial charge in [-0.1, -0.05) is 0 Å². The number of alkyl halides is 2. The van der Waals surface area contributed by atoms with Crippen LogP contribution in [0.3, 0.4) is 0 Å². The van der Waals surface area contributed by atoms with E-state index in [9.17, 15) is 13.9 Å². The van der Waals surface area contributed by atoms with Gasteiger partial charge in [-0.3, -0.25) is 14.4 Å². The molecular weight excluding hydrogens is 290 g/mol. The molecule has 0 spiro atoms. The Kier molecular flexibility index (Phi) is 5.05. The number of halogens is 2. The lowest BCUT2D eigenvalue weighted by molar-refractivity contribution is 0.0619. The number of aliphatic hydroxyl groups is 1. The molecule has 124 valence electrons. The first-order valence-electron chi connectivity index (χ1n) is 8.08. The minimum atomic E-state index is -2.53. The zero-order chi connectivity index (χ0) is 15.5. The van der Waals surface area contributed by atoms with Crippen molar-refractivity contribution in [2.24, 2.45) is 0 Å². The highest BCUT2D eigenvalue weighted by atomic mass is 19.3. The normalized spacial score (nSPS) is 27.3. The van der Waals surface area contributed by atoms with E-state index in [0.29, 0.717) is 18.4 Å². The lowest BCUT2D eigenvalue weighted by Crippen LogP contribution is -2.43. The van der Waals surface area contributed by atoms with Crippen molar-refractivity contribution in [1.82, 2.24) is 19.4 Å². The maximum atomic E-state index is 12.9. The first-order valence-corrected chi connectivity index (χ1v) is 8.08. The van der Waals surface area contributed by atoms with Gasteiger partial charge in [0.25, 0.3) is 0 Å². The molecule has 7 heteroatoms. The van der Waals surface area contributed by atoms with Crippen molar-refractivity contribution in [3.8, 4) is 0 Å². The summed E-state index contributed by atoms with van der Waals surface area (Å²) in [6, 6.07) is 0.639. The fourth-order valence-corrected chi connectivity index (χ4v) is 3.75. The van der Waals surface area contributed by atoms with E-state index in [1.807, 2.05) is 0 Å². The molecule has 3 rings (SSSR count). The van der Waals surface area contributed by atoms with Gasteiger partial charge in [0.1, 0.15) is 5.82 Å². The van der Waals surface area contributed by atoms with Crippen LogP contribution in [0.15, 0.2) is 12.4 Å². The van der Waals surface area contributed by atoms with Gasteiger partial charge in [-0.25, -0.2) is 4.98 Å². The molecule has 2 unspecified atom stereocenters. The minimum absolute atomic E-state index is 0.211. The molecular formula is C15H24F2N4O. The number of nitrogens with zero attached hydrogens (tertiary/aromatic N) is 4. The van der Waals surface area contributed by atoms with E-state index in [1.165, 1.54) is 12.4 Å². The van der Waals surface area contributed by atoms with Gasteiger partial charge in [-0.05, 0) is 38.8 Å². The smallest absolute Gasteiger partial charge is 0.319 e. The molecule has 22 heavy (non-hydrogen) atoms. The molecule has 0 saturated carbocycles. The maximum Gasteiger partial charge on any atom is 0.319 e. The Labute approximate surface area is 129 Å². The molecule has 2 aliphatic rings. The van der Waals surface area contributed by atoms with Crippen molar-refractivity contribution in [3.05, 3.63) is 18.2 Å². The fraction of sp³-hybridized carbons (Fsp3) is 0.800. The van der Waals surface area contributed by atoms with Crippen molar-refractivity contribution in [1.29, 1.82) is 0 Å². The Morgan fingerprint density at radius 2 is 1.91 bits per heavy atom. The lowest BCUT2D eigenvalue weighted by Gasteiger charge is -2.31. The molecule has 5 nitrogen and oxygen atoms in total. The third-order valence-corrected chi connectivity index (χ3v) is 4.96. The molecule has 2 atom stereocenters. The molecule has 2 fully saturated rings. The Morgan fingerprint density at radius 1 is 1.18 bits per heavy atom. The number of rotatable bonds is 6. The standard InChI is InChI=1S/C15H24F2N4O/c16-15(17)21-8-5-18-14(21)10-20-7-1-3-12(20)9-19-6-2-4-13(19)11-22/h5,8,12-13,15,22H,1-4,6-7,9-11H2. The van der Waals surface area contributed by atoms with Crippen molar-refractivity contribution < 1.29 is 13.9 Å². The number of likely N-dealkylation sites (tertiary alicyclic amines) is 2. The number of hydrogen-bond acceptors (Lipinski definition) is 4.